The Morgan fingerprint density at radius 2 is 1.61 bits per heavy atom. The predicted octanol–water partition coefficient (Wildman–Crippen LogP) is 5.47. The van der Waals surface area contributed by atoms with Crippen molar-refractivity contribution in [1.29, 1.82) is 0 Å². The lowest BCUT2D eigenvalue weighted by molar-refractivity contribution is -0.142. The normalized spacial score (nSPS) is 11.1. The molecule has 2 aromatic rings. The van der Waals surface area contributed by atoms with E-state index in [0.717, 1.165) is 30.9 Å². The molecule has 0 aliphatic carbocycles. The molecule has 0 saturated carbocycles. The van der Waals surface area contributed by atoms with Gasteiger partial charge in [0.15, 0.2) is 0 Å². The first-order valence-electron chi connectivity index (χ1n) is 14.8. The number of hydrogen-bond donors (Lipinski definition) is 2. The van der Waals surface area contributed by atoms with Crippen molar-refractivity contribution < 1.29 is 28.6 Å². The summed E-state index contributed by atoms with van der Waals surface area (Å²) in [5, 5.41) is 5.03. The van der Waals surface area contributed by atoms with E-state index in [0.29, 0.717) is 5.56 Å². The number of likely N-dealkylation sites (N-methyl/N-ethyl adjacent to an activating group) is 1. The maximum Gasteiger partial charge on any atom is 0.407 e. The lowest BCUT2D eigenvalue weighted by Crippen LogP contribution is -2.49. The third-order valence-corrected chi connectivity index (χ3v) is 5.33. The zero-order chi connectivity index (χ0) is 33.5. The summed E-state index contributed by atoms with van der Waals surface area (Å²) in [6, 6.07) is 13.7. The second-order valence-electron chi connectivity index (χ2n) is 10.5. The molecule has 1 unspecified atom stereocenters. The van der Waals surface area contributed by atoms with Crippen LogP contribution in [0.15, 0.2) is 54.6 Å². The monoisotopic (exact) mass is 609 g/mol. The smallest absolute Gasteiger partial charge is 0.407 e. The van der Waals surface area contributed by atoms with Gasteiger partial charge in [-0.2, -0.15) is 0 Å². The van der Waals surface area contributed by atoms with Crippen LogP contribution in [0.4, 0.5) is 4.79 Å². The number of amides is 2. The quantitative estimate of drug-likeness (QED) is 0.209. The van der Waals surface area contributed by atoms with Crippen molar-refractivity contribution in [2.45, 2.75) is 60.1 Å². The molecule has 2 amide bonds. The molecule has 1 atom stereocenters. The number of alkyl carbamates (subject to hydrolysis) is 1. The Hall–Kier alpha value is -4.13. The fourth-order valence-corrected chi connectivity index (χ4v) is 3.11. The van der Waals surface area contributed by atoms with Gasteiger partial charge in [0.25, 0.3) is 5.91 Å². The highest BCUT2D eigenvalue weighted by Crippen LogP contribution is 2.08. The first kappa shape index (κ1) is 39.9. The van der Waals surface area contributed by atoms with Crippen molar-refractivity contribution in [3.8, 4) is 11.8 Å². The van der Waals surface area contributed by atoms with Gasteiger partial charge in [0.2, 0.25) is 0 Å². The van der Waals surface area contributed by atoms with Crippen LogP contribution in [0, 0.1) is 18.8 Å². The van der Waals surface area contributed by atoms with Gasteiger partial charge in [-0.25, -0.2) is 9.59 Å². The van der Waals surface area contributed by atoms with Gasteiger partial charge in [-0.15, -0.1) is 0 Å². The fourth-order valence-electron chi connectivity index (χ4n) is 3.11. The summed E-state index contributed by atoms with van der Waals surface area (Å²) < 4.78 is 15.0. The summed E-state index contributed by atoms with van der Waals surface area (Å²) in [4.78, 5) is 38.6. The van der Waals surface area contributed by atoms with Gasteiger partial charge < -0.3 is 29.7 Å². The Morgan fingerprint density at radius 1 is 1.00 bits per heavy atom. The molecular weight excluding hydrogens is 558 g/mol. The van der Waals surface area contributed by atoms with Gasteiger partial charge in [-0.3, -0.25) is 4.79 Å². The van der Waals surface area contributed by atoms with Gasteiger partial charge in [-0.05, 0) is 90.7 Å². The van der Waals surface area contributed by atoms with E-state index in [1.54, 1.807) is 51.1 Å². The SMILES string of the molecule is CC.CCOCCN(C)C.COC(=O)C(CNC(=O)OC(C)(C)C)NC(=O)c1ccc(C#C/C=C/c2ccc(C)cc2)cc1. The molecule has 9 heteroatoms. The standard InChI is InChI=1S/C27H30N2O5.C6H15NO.C2H6/c1-19-10-12-20(13-11-19)8-6-7-9-21-14-16-22(17-15-21)24(30)29-23(25(31)33-5)18-28-26(32)34-27(2,3)4;1-4-8-6-5-7(2)3;1-2/h6,8,10-17,23H,18H2,1-5H3,(H,28,32)(H,29,30);4-6H2,1-3H3;1-2H3/b8-6+;;. The summed E-state index contributed by atoms with van der Waals surface area (Å²) >= 11 is 0. The number of esters is 1. The highest BCUT2D eigenvalue weighted by atomic mass is 16.6. The minimum absolute atomic E-state index is 0.176. The van der Waals surface area contributed by atoms with Crippen LogP contribution in [0.3, 0.4) is 0 Å². The van der Waals surface area contributed by atoms with Crippen molar-refractivity contribution in [1.82, 2.24) is 15.5 Å². The molecule has 0 aliphatic heterocycles. The lowest BCUT2D eigenvalue weighted by atomic mass is 10.1. The average Bonchev–Trinajstić information content (AvgIpc) is 2.98. The number of benzene rings is 2. The number of carbonyl (C=O) groups excluding carboxylic acids is 3. The second kappa shape index (κ2) is 22.4. The van der Waals surface area contributed by atoms with Crippen LogP contribution in [0.2, 0.25) is 0 Å². The van der Waals surface area contributed by atoms with Crippen LogP contribution < -0.4 is 10.6 Å². The number of nitrogens with zero attached hydrogens (tertiary/aromatic N) is 1. The molecule has 0 bridgehead atoms. The molecule has 2 rings (SSSR count). The van der Waals surface area contributed by atoms with E-state index in [1.807, 2.05) is 72.1 Å². The lowest BCUT2D eigenvalue weighted by Gasteiger charge is -2.21. The third-order valence-electron chi connectivity index (χ3n) is 5.33. The molecule has 2 aromatic carbocycles. The first-order chi connectivity index (χ1) is 20.8. The van der Waals surface area contributed by atoms with Crippen LogP contribution in [0.5, 0.6) is 0 Å². The molecule has 44 heavy (non-hydrogen) atoms. The zero-order valence-electron chi connectivity index (χ0n) is 28.1. The summed E-state index contributed by atoms with van der Waals surface area (Å²) in [5.41, 5.74) is 2.65. The molecule has 0 aliphatic rings. The van der Waals surface area contributed by atoms with E-state index in [-0.39, 0.29) is 6.54 Å². The number of methoxy groups -OCH3 is 1. The fraction of sp³-hybridized carbons (Fsp3) is 0.457. The first-order valence-corrected chi connectivity index (χ1v) is 14.8. The van der Waals surface area contributed by atoms with Crippen LogP contribution in [0.1, 0.15) is 68.6 Å². The van der Waals surface area contributed by atoms with Gasteiger partial charge >= 0.3 is 12.1 Å². The number of allylic oxidation sites excluding steroid dienone is 1. The highest BCUT2D eigenvalue weighted by Gasteiger charge is 2.24. The van der Waals surface area contributed by atoms with Crippen LogP contribution >= 0.6 is 0 Å². The maximum absolute atomic E-state index is 12.6. The molecule has 9 nitrogen and oxygen atoms in total. The summed E-state index contributed by atoms with van der Waals surface area (Å²) in [5.74, 6) is 4.80. The average molecular weight is 610 g/mol. The van der Waals surface area contributed by atoms with Crippen molar-refractivity contribution in [3.63, 3.8) is 0 Å². The largest absolute Gasteiger partial charge is 0.467 e. The minimum atomic E-state index is -1.07. The molecule has 0 saturated heterocycles. The molecule has 0 spiro atoms. The molecular formula is C35H51N3O6. The summed E-state index contributed by atoms with van der Waals surface area (Å²) in [6.45, 7) is 15.7. The van der Waals surface area contributed by atoms with Gasteiger partial charge in [0.05, 0.1) is 20.3 Å². The number of carbonyl (C=O) groups is 3. The molecule has 0 fully saturated rings. The predicted molar refractivity (Wildman–Crippen MR) is 177 cm³/mol. The van der Waals surface area contributed by atoms with Crippen molar-refractivity contribution in [2.24, 2.45) is 0 Å². The van der Waals surface area contributed by atoms with E-state index in [4.69, 9.17) is 14.2 Å². The number of rotatable bonds is 10. The van der Waals surface area contributed by atoms with Crippen LogP contribution in [0.25, 0.3) is 6.08 Å². The molecule has 2 N–H and O–H groups in total. The maximum atomic E-state index is 12.6. The number of hydrogen-bond acceptors (Lipinski definition) is 7. The molecule has 0 heterocycles. The Labute approximate surface area is 264 Å². The Bertz CT molecular complexity index is 1200. The van der Waals surface area contributed by atoms with E-state index in [9.17, 15) is 14.4 Å². The number of nitrogens with one attached hydrogen (secondary N) is 2. The highest BCUT2D eigenvalue weighted by molar-refractivity contribution is 5.97. The summed E-state index contributed by atoms with van der Waals surface area (Å²) in [6.07, 6.45) is 2.99. The van der Waals surface area contributed by atoms with E-state index >= 15 is 0 Å². The summed E-state index contributed by atoms with van der Waals surface area (Å²) in [7, 11) is 5.29. The van der Waals surface area contributed by atoms with E-state index < -0.39 is 29.6 Å². The third kappa shape index (κ3) is 19.1. The van der Waals surface area contributed by atoms with E-state index in [1.165, 1.54) is 12.7 Å². The minimum Gasteiger partial charge on any atom is -0.467 e. The second-order valence-corrected chi connectivity index (χ2v) is 10.5. The van der Waals surface area contributed by atoms with Crippen LogP contribution in [-0.4, -0.2) is 82.0 Å². The topological polar surface area (TPSA) is 106 Å². The van der Waals surface area contributed by atoms with E-state index in [2.05, 4.69) is 27.4 Å². The molecule has 0 aromatic heterocycles. The van der Waals surface area contributed by atoms with Crippen molar-refractivity contribution in [2.75, 3.05) is 47.5 Å². The zero-order valence-corrected chi connectivity index (χ0v) is 28.1. The number of aryl methyl sites for hydroxylation is 1. The van der Waals surface area contributed by atoms with Crippen LogP contribution in [-0.2, 0) is 19.0 Å². The van der Waals surface area contributed by atoms with Gasteiger partial charge in [0, 0.05) is 24.3 Å². The molecule has 0 radical (unpaired) electrons. The van der Waals surface area contributed by atoms with Gasteiger partial charge in [-0.1, -0.05) is 55.5 Å². The van der Waals surface area contributed by atoms with Crippen molar-refractivity contribution in [3.05, 3.63) is 76.9 Å². The molecule has 242 valence electrons. The Balaban J connectivity index is 0.00000160. The van der Waals surface area contributed by atoms with Gasteiger partial charge in [0.1, 0.15) is 11.6 Å². The Morgan fingerprint density at radius 3 is 2.14 bits per heavy atom. The Kier molecular flexibility index (Phi) is 20.3. The number of ether oxygens (including phenoxy) is 3. The van der Waals surface area contributed by atoms with Crippen molar-refractivity contribution >= 4 is 24.0 Å².